The summed E-state index contributed by atoms with van der Waals surface area (Å²) in [6, 6.07) is 5.75. The maximum absolute atomic E-state index is 11.9. The van der Waals surface area contributed by atoms with Crippen molar-refractivity contribution in [3.8, 4) is 11.5 Å². The highest BCUT2D eigenvalue weighted by molar-refractivity contribution is 5.71. The normalized spacial score (nSPS) is 15.6. The lowest BCUT2D eigenvalue weighted by atomic mass is 10.1. The number of hydrogen-bond donors (Lipinski definition) is 0. The van der Waals surface area contributed by atoms with Crippen LogP contribution in [0.4, 0.5) is 4.79 Å². The molecular formula is C16H24N2O3. The van der Waals surface area contributed by atoms with Gasteiger partial charge in [0.1, 0.15) is 0 Å². The van der Waals surface area contributed by atoms with Gasteiger partial charge in [-0.3, -0.25) is 4.90 Å². The van der Waals surface area contributed by atoms with Crippen LogP contribution >= 0.6 is 0 Å². The lowest BCUT2D eigenvalue weighted by molar-refractivity contribution is 0.167. The Labute approximate surface area is 126 Å². The molecule has 0 aliphatic carbocycles. The summed E-state index contributed by atoms with van der Waals surface area (Å²) in [5.74, 6) is 1.13. The number of para-hydroxylation sites is 1. The van der Waals surface area contributed by atoms with Gasteiger partial charge in [-0.25, -0.2) is 4.79 Å². The van der Waals surface area contributed by atoms with E-state index in [1.165, 1.54) is 24.2 Å². The van der Waals surface area contributed by atoms with Gasteiger partial charge in [-0.2, -0.15) is 0 Å². The number of nitrogens with zero attached hydrogens (tertiary/aromatic N) is 2. The van der Waals surface area contributed by atoms with Crippen molar-refractivity contribution in [2.45, 2.75) is 25.8 Å². The molecule has 2 rings (SSSR count). The van der Waals surface area contributed by atoms with Crippen LogP contribution in [0.2, 0.25) is 0 Å². The quantitative estimate of drug-likeness (QED) is 0.855. The number of amides is 1. The van der Waals surface area contributed by atoms with Crippen LogP contribution in [0.1, 0.15) is 24.8 Å². The molecule has 1 fully saturated rings. The van der Waals surface area contributed by atoms with Crippen molar-refractivity contribution in [1.82, 2.24) is 9.80 Å². The third kappa shape index (κ3) is 4.11. The molecule has 1 aliphatic rings. The molecule has 0 aromatic heterocycles. The number of methoxy groups -OCH3 is 1. The average Bonchev–Trinajstić information content (AvgIpc) is 2.49. The Bertz CT molecular complexity index is 482. The summed E-state index contributed by atoms with van der Waals surface area (Å²) in [5.41, 5.74) is 0.992. The Morgan fingerprint density at radius 3 is 2.57 bits per heavy atom. The van der Waals surface area contributed by atoms with Crippen molar-refractivity contribution < 1.29 is 14.3 Å². The summed E-state index contributed by atoms with van der Waals surface area (Å²) >= 11 is 0. The monoisotopic (exact) mass is 292 g/mol. The van der Waals surface area contributed by atoms with Crippen molar-refractivity contribution >= 4 is 6.09 Å². The van der Waals surface area contributed by atoms with E-state index in [-0.39, 0.29) is 6.09 Å². The van der Waals surface area contributed by atoms with Crippen molar-refractivity contribution in [3.63, 3.8) is 0 Å². The minimum Gasteiger partial charge on any atom is -0.493 e. The van der Waals surface area contributed by atoms with Crippen LogP contribution in [-0.2, 0) is 6.54 Å². The van der Waals surface area contributed by atoms with E-state index in [1.807, 2.05) is 18.2 Å². The Morgan fingerprint density at radius 1 is 1.24 bits per heavy atom. The fourth-order valence-corrected chi connectivity index (χ4v) is 2.50. The second kappa shape index (κ2) is 7.31. The SMILES string of the molecule is COc1cccc(CN2CCCCC2)c1OC(=O)N(C)C. The molecule has 1 amide bonds. The minimum absolute atomic E-state index is 0.389. The van der Waals surface area contributed by atoms with Crippen LogP contribution in [0.5, 0.6) is 11.5 Å². The van der Waals surface area contributed by atoms with Crippen LogP contribution < -0.4 is 9.47 Å². The summed E-state index contributed by atoms with van der Waals surface area (Å²) in [7, 11) is 4.93. The Balaban J connectivity index is 2.20. The zero-order valence-corrected chi connectivity index (χ0v) is 13.1. The topological polar surface area (TPSA) is 42.0 Å². The van der Waals surface area contributed by atoms with Crippen molar-refractivity contribution in [3.05, 3.63) is 23.8 Å². The highest BCUT2D eigenvalue weighted by Gasteiger charge is 2.19. The Morgan fingerprint density at radius 2 is 1.95 bits per heavy atom. The first-order chi connectivity index (χ1) is 10.1. The largest absolute Gasteiger partial charge is 0.493 e. The summed E-state index contributed by atoms with van der Waals surface area (Å²) < 4.78 is 10.8. The summed E-state index contributed by atoms with van der Waals surface area (Å²) in [4.78, 5) is 15.7. The summed E-state index contributed by atoms with van der Waals surface area (Å²) in [6.45, 7) is 2.98. The zero-order chi connectivity index (χ0) is 15.2. The third-order valence-electron chi connectivity index (χ3n) is 3.68. The molecule has 1 saturated heterocycles. The minimum atomic E-state index is -0.389. The van der Waals surface area contributed by atoms with Gasteiger partial charge in [0.05, 0.1) is 7.11 Å². The zero-order valence-electron chi connectivity index (χ0n) is 13.1. The maximum Gasteiger partial charge on any atom is 0.414 e. The highest BCUT2D eigenvalue weighted by atomic mass is 16.6. The standard InChI is InChI=1S/C16H24N2O3/c1-17(2)16(19)21-15-13(8-7-9-14(15)20-3)12-18-10-5-4-6-11-18/h7-9H,4-6,10-12H2,1-3H3. The number of carbonyl (C=O) groups excluding carboxylic acids is 1. The number of hydrogen-bond acceptors (Lipinski definition) is 4. The van der Waals surface area contributed by atoms with Crippen LogP contribution in [-0.4, -0.2) is 50.2 Å². The molecule has 116 valence electrons. The van der Waals surface area contributed by atoms with Crippen LogP contribution in [0.3, 0.4) is 0 Å². The molecule has 0 bridgehead atoms. The number of ether oxygens (including phenoxy) is 2. The molecule has 1 heterocycles. The number of piperidine rings is 1. The molecule has 0 atom stereocenters. The molecule has 0 N–H and O–H groups in total. The van der Waals surface area contributed by atoms with Crippen molar-refractivity contribution in [1.29, 1.82) is 0 Å². The lowest BCUT2D eigenvalue weighted by Gasteiger charge is -2.27. The lowest BCUT2D eigenvalue weighted by Crippen LogP contribution is -2.30. The molecule has 21 heavy (non-hydrogen) atoms. The highest BCUT2D eigenvalue weighted by Crippen LogP contribution is 2.32. The van der Waals surface area contributed by atoms with Crippen LogP contribution in [0.25, 0.3) is 0 Å². The van der Waals surface area contributed by atoms with Gasteiger partial charge in [-0.1, -0.05) is 18.6 Å². The van der Waals surface area contributed by atoms with Gasteiger partial charge in [0.2, 0.25) is 0 Å². The van der Waals surface area contributed by atoms with Gasteiger partial charge in [-0.15, -0.1) is 0 Å². The van der Waals surface area contributed by atoms with E-state index in [2.05, 4.69) is 4.90 Å². The smallest absolute Gasteiger partial charge is 0.414 e. The van der Waals surface area contributed by atoms with Crippen molar-refractivity contribution in [2.75, 3.05) is 34.3 Å². The fraction of sp³-hybridized carbons (Fsp3) is 0.562. The van der Waals surface area contributed by atoms with E-state index in [9.17, 15) is 4.79 Å². The summed E-state index contributed by atoms with van der Waals surface area (Å²) in [6.07, 6.45) is 3.38. The van der Waals surface area contributed by atoms with Crippen LogP contribution in [0.15, 0.2) is 18.2 Å². The molecule has 0 spiro atoms. The molecular weight excluding hydrogens is 268 g/mol. The van der Waals surface area contributed by atoms with Gasteiger partial charge in [0.25, 0.3) is 0 Å². The van der Waals surface area contributed by atoms with E-state index in [1.54, 1.807) is 21.2 Å². The first kappa shape index (κ1) is 15.6. The third-order valence-corrected chi connectivity index (χ3v) is 3.68. The molecule has 0 radical (unpaired) electrons. The second-order valence-electron chi connectivity index (χ2n) is 5.55. The predicted molar refractivity (Wildman–Crippen MR) is 81.8 cm³/mol. The average molecular weight is 292 g/mol. The maximum atomic E-state index is 11.9. The Hall–Kier alpha value is -1.75. The summed E-state index contributed by atoms with van der Waals surface area (Å²) in [5, 5.41) is 0. The fourth-order valence-electron chi connectivity index (χ4n) is 2.50. The molecule has 1 aromatic rings. The molecule has 1 aromatic carbocycles. The van der Waals surface area contributed by atoms with E-state index in [0.29, 0.717) is 11.5 Å². The first-order valence-electron chi connectivity index (χ1n) is 7.39. The van der Waals surface area contributed by atoms with Gasteiger partial charge >= 0.3 is 6.09 Å². The number of rotatable bonds is 4. The van der Waals surface area contributed by atoms with Gasteiger partial charge < -0.3 is 14.4 Å². The van der Waals surface area contributed by atoms with Crippen molar-refractivity contribution in [2.24, 2.45) is 0 Å². The molecule has 5 nitrogen and oxygen atoms in total. The molecule has 1 aliphatic heterocycles. The molecule has 5 heteroatoms. The first-order valence-corrected chi connectivity index (χ1v) is 7.39. The second-order valence-corrected chi connectivity index (χ2v) is 5.55. The Kier molecular flexibility index (Phi) is 5.44. The number of carbonyl (C=O) groups is 1. The number of likely N-dealkylation sites (tertiary alicyclic amines) is 1. The molecule has 0 unspecified atom stereocenters. The van der Waals surface area contributed by atoms with Crippen LogP contribution in [0, 0.1) is 0 Å². The van der Waals surface area contributed by atoms with Gasteiger partial charge in [0.15, 0.2) is 11.5 Å². The predicted octanol–water partition coefficient (Wildman–Crippen LogP) is 2.74. The van der Waals surface area contributed by atoms with E-state index >= 15 is 0 Å². The van der Waals surface area contributed by atoms with Gasteiger partial charge in [0, 0.05) is 26.2 Å². The molecule has 0 saturated carbocycles. The van der Waals surface area contributed by atoms with Gasteiger partial charge in [-0.05, 0) is 32.0 Å². The van der Waals surface area contributed by atoms with E-state index in [4.69, 9.17) is 9.47 Å². The van der Waals surface area contributed by atoms with E-state index < -0.39 is 0 Å². The van der Waals surface area contributed by atoms with E-state index in [0.717, 1.165) is 25.2 Å². The number of benzene rings is 1.